The fraction of sp³-hybridized carbons (Fsp3) is 0.952. The van der Waals surface area contributed by atoms with Gasteiger partial charge in [-0.1, -0.05) is 315 Å². The second-order valence-electron chi connectivity index (χ2n) is 22.6. The van der Waals surface area contributed by atoms with Crippen LogP contribution in [0.2, 0.25) is 0 Å². The molecule has 0 bridgehead atoms. The second kappa shape index (κ2) is 53.3. The minimum absolute atomic E-state index is 0.169. The van der Waals surface area contributed by atoms with Crippen molar-refractivity contribution in [3.05, 3.63) is 12.2 Å². The van der Waals surface area contributed by atoms with Crippen molar-refractivity contribution in [3.8, 4) is 0 Å². The Morgan fingerprint density at radius 1 is 0.458 bits per heavy atom. The van der Waals surface area contributed by atoms with Gasteiger partial charge in [0.1, 0.15) is 24.4 Å². The van der Waals surface area contributed by atoms with E-state index in [4.69, 9.17) is 9.47 Å². The number of allylic oxidation sites excluding steroid dienone is 1. The SMILES string of the molecule is CCCCCCCCCCCCCCCCC/C=C/[C@@H](O)[C@H](CO[C@@H]1O[C@H](CO)[C@@H](O)C(O)C1O)NC(=O)CCCCCCCCCCCCCCCCCCCCCCCCCCCCCCCCCC. The second-order valence-corrected chi connectivity index (χ2v) is 22.6. The zero-order valence-electron chi connectivity index (χ0n) is 47.7. The summed E-state index contributed by atoms with van der Waals surface area (Å²) in [6.45, 7) is 3.83. The summed E-state index contributed by atoms with van der Waals surface area (Å²) >= 11 is 0. The van der Waals surface area contributed by atoms with E-state index in [1.165, 1.54) is 270 Å². The van der Waals surface area contributed by atoms with Crippen molar-refractivity contribution in [3.63, 3.8) is 0 Å². The van der Waals surface area contributed by atoms with Gasteiger partial charge in [-0.3, -0.25) is 4.79 Å². The number of hydrogen-bond acceptors (Lipinski definition) is 8. The van der Waals surface area contributed by atoms with Crippen LogP contribution >= 0.6 is 0 Å². The number of carbonyl (C=O) groups is 1. The summed E-state index contributed by atoms with van der Waals surface area (Å²) in [5.41, 5.74) is 0. The number of unbranched alkanes of at least 4 members (excludes halogenated alkanes) is 46. The molecule has 0 aromatic heterocycles. The highest BCUT2D eigenvalue weighted by Crippen LogP contribution is 2.23. The molecule has 9 nitrogen and oxygen atoms in total. The van der Waals surface area contributed by atoms with Gasteiger partial charge in [-0.15, -0.1) is 0 Å². The monoisotopic (exact) mass is 1020 g/mol. The van der Waals surface area contributed by atoms with Crippen LogP contribution in [0.3, 0.4) is 0 Å². The van der Waals surface area contributed by atoms with Gasteiger partial charge in [0, 0.05) is 6.42 Å². The summed E-state index contributed by atoms with van der Waals surface area (Å²) in [4.78, 5) is 13.1. The largest absolute Gasteiger partial charge is 0.394 e. The number of aliphatic hydroxyl groups is 5. The summed E-state index contributed by atoms with van der Waals surface area (Å²) in [6, 6.07) is -0.800. The highest BCUT2D eigenvalue weighted by Gasteiger charge is 2.44. The van der Waals surface area contributed by atoms with Crippen LogP contribution in [0.15, 0.2) is 12.2 Å². The number of amides is 1. The van der Waals surface area contributed by atoms with Crippen molar-refractivity contribution in [1.29, 1.82) is 0 Å². The zero-order chi connectivity index (χ0) is 52.2. The summed E-state index contributed by atoms with van der Waals surface area (Å²) in [6.07, 6.45) is 60.2. The van der Waals surface area contributed by atoms with Crippen molar-refractivity contribution in [2.75, 3.05) is 13.2 Å². The van der Waals surface area contributed by atoms with E-state index in [1.54, 1.807) is 6.08 Å². The van der Waals surface area contributed by atoms with Crippen LogP contribution in [0.25, 0.3) is 0 Å². The Bertz CT molecular complexity index is 1140. The van der Waals surface area contributed by atoms with E-state index >= 15 is 0 Å². The maximum Gasteiger partial charge on any atom is 0.220 e. The molecule has 7 atom stereocenters. The normalized spacial score (nSPS) is 19.1. The molecule has 428 valence electrons. The standard InChI is InChI=1S/C63H123NO8/c1-3-5-7-9-11-13-15-17-19-21-22-23-24-25-26-27-28-29-30-31-32-33-34-35-37-39-41-43-45-47-49-51-53-59(67)64-56(55-71-63-62(70)61(69)60(68)58(54-65)72-63)57(66)52-50-48-46-44-42-40-38-36-20-18-16-14-12-10-8-6-4-2/h50,52,56-58,60-63,65-66,68-70H,3-49,51,53-55H2,1-2H3,(H,64,67)/b52-50+/t56-,57+,58+,60+,61?,62?,63+/m0/s1. The Morgan fingerprint density at radius 2 is 0.764 bits per heavy atom. The molecule has 0 radical (unpaired) electrons. The average molecular weight is 1020 g/mol. The minimum atomic E-state index is -1.56. The first-order valence-electron chi connectivity index (χ1n) is 31.9. The molecule has 1 amide bonds. The third kappa shape index (κ3) is 42.1. The van der Waals surface area contributed by atoms with Crippen molar-refractivity contribution in [1.82, 2.24) is 5.32 Å². The predicted octanol–water partition coefficient (Wildman–Crippen LogP) is 16.4. The van der Waals surface area contributed by atoms with Crippen LogP contribution in [0.1, 0.15) is 328 Å². The minimum Gasteiger partial charge on any atom is -0.394 e. The van der Waals surface area contributed by atoms with Gasteiger partial charge in [0.05, 0.1) is 25.4 Å². The molecule has 9 heteroatoms. The molecule has 0 spiro atoms. The summed E-state index contributed by atoms with van der Waals surface area (Å²) in [7, 11) is 0. The van der Waals surface area contributed by atoms with Gasteiger partial charge in [-0.05, 0) is 19.3 Å². The van der Waals surface area contributed by atoms with Gasteiger partial charge in [0.25, 0.3) is 0 Å². The van der Waals surface area contributed by atoms with Crippen LogP contribution < -0.4 is 5.32 Å². The lowest BCUT2D eigenvalue weighted by Gasteiger charge is -2.40. The lowest BCUT2D eigenvalue weighted by atomic mass is 9.99. The van der Waals surface area contributed by atoms with E-state index in [0.29, 0.717) is 6.42 Å². The van der Waals surface area contributed by atoms with Gasteiger partial charge < -0.3 is 40.3 Å². The number of nitrogens with one attached hydrogen (secondary N) is 1. The quantitative estimate of drug-likeness (QED) is 0.0261. The first-order chi connectivity index (χ1) is 35.3. The Hall–Kier alpha value is -1.07. The first kappa shape index (κ1) is 68.9. The summed E-state index contributed by atoms with van der Waals surface area (Å²) in [5, 5.41) is 54.6. The van der Waals surface area contributed by atoms with E-state index in [9.17, 15) is 30.3 Å². The highest BCUT2D eigenvalue weighted by molar-refractivity contribution is 5.76. The van der Waals surface area contributed by atoms with E-state index in [2.05, 4.69) is 19.2 Å². The van der Waals surface area contributed by atoms with Crippen molar-refractivity contribution in [2.24, 2.45) is 0 Å². The van der Waals surface area contributed by atoms with Gasteiger partial charge in [0.2, 0.25) is 5.91 Å². The molecule has 1 heterocycles. The van der Waals surface area contributed by atoms with E-state index in [0.717, 1.165) is 38.5 Å². The fourth-order valence-corrected chi connectivity index (χ4v) is 10.6. The van der Waals surface area contributed by atoms with E-state index in [1.807, 2.05) is 6.08 Å². The lowest BCUT2D eigenvalue weighted by Crippen LogP contribution is -2.60. The Balaban J connectivity index is 2.10. The molecule has 2 unspecified atom stereocenters. The molecule has 6 N–H and O–H groups in total. The molecule has 0 aromatic carbocycles. The summed E-state index contributed by atoms with van der Waals surface area (Å²) in [5.74, 6) is -0.169. The maximum atomic E-state index is 13.1. The molecular weight excluding hydrogens is 899 g/mol. The number of aliphatic hydroxyl groups excluding tert-OH is 5. The molecule has 72 heavy (non-hydrogen) atoms. The van der Waals surface area contributed by atoms with Crippen LogP contribution in [0.4, 0.5) is 0 Å². The van der Waals surface area contributed by atoms with Crippen LogP contribution in [0.5, 0.6) is 0 Å². The third-order valence-electron chi connectivity index (χ3n) is 15.6. The number of hydrogen-bond donors (Lipinski definition) is 6. The fourth-order valence-electron chi connectivity index (χ4n) is 10.6. The maximum absolute atomic E-state index is 13.1. The molecule has 1 aliphatic heterocycles. The molecular formula is C63H123NO8. The Labute approximate surface area is 446 Å². The molecule has 1 saturated heterocycles. The molecule has 0 aromatic rings. The topological polar surface area (TPSA) is 149 Å². The first-order valence-corrected chi connectivity index (χ1v) is 31.9. The molecule has 1 rings (SSSR count). The Morgan fingerprint density at radius 3 is 1.08 bits per heavy atom. The van der Waals surface area contributed by atoms with E-state index < -0.39 is 49.5 Å². The smallest absolute Gasteiger partial charge is 0.220 e. The van der Waals surface area contributed by atoms with Crippen molar-refractivity contribution < 1.29 is 39.8 Å². The summed E-state index contributed by atoms with van der Waals surface area (Å²) < 4.78 is 11.3. The average Bonchev–Trinajstić information content (AvgIpc) is 3.38. The highest BCUT2D eigenvalue weighted by atomic mass is 16.7. The van der Waals surface area contributed by atoms with Crippen molar-refractivity contribution >= 4 is 5.91 Å². The van der Waals surface area contributed by atoms with Gasteiger partial charge in [-0.2, -0.15) is 0 Å². The van der Waals surface area contributed by atoms with Gasteiger partial charge in [-0.25, -0.2) is 0 Å². The number of carbonyl (C=O) groups excluding carboxylic acids is 1. The number of ether oxygens (including phenoxy) is 2. The van der Waals surface area contributed by atoms with Gasteiger partial charge >= 0.3 is 0 Å². The Kier molecular flexibility index (Phi) is 51.1. The van der Waals surface area contributed by atoms with Crippen LogP contribution in [-0.2, 0) is 14.3 Å². The van der Waals surface area contributed by atoms with E-state index in [-0.39, 0.29) is 12.5 Å². The van der Waals surface area contributed by atoms with Crippen LogP contribution in [0, 0.1) is 0 Å². The molecule has 0 aliphatic carbocycles. The molecule has 1 aliphatic rings. The predicted molar refractivity (Wildman–Crippen MR) is 304 cm³/mol. The molecule has 0 saturated carbocycles. The third-order valence-corrected chi connectivity index (χ3v) is 15.6. The number of rotatable bonds is 56. The van der Waals surface area contributed by atoms with Crippen molar-refractivity contribution in [2.45, 2.75) is 371 Å². The van der Waals surface area contributed by atoms with Crippen LogP contribution in [-0.4, -0.2) is 87.5 Å². The lowest BCUT2D eigenvalue weighted by molar-refractivity contribution is -0.302. The molecule has 1 fully saturated rings. The van der Waals surface area contributed by atoms with Gasteiger partial charge in [0.15, 0.2) is 6.29 Å². The zero-order valence-corrected chi connectivity index (χ0v) is 47.7.